The van der Waals surface area contributed by atoms with Crippen molar-refractivity contribution in [2.24, 2.45) is 0 Å². The maximum absolute atomic E-state index is 13.1. The molecule has 0 aliphatic rings. The minimum Gasteiger partial charge on any atom is -0.462 e. The zero-order chi connectivity index (χ0) is 69.0. The summed E-state index contributed by atoms with van der Waals surface area (Å²) in [7, 11) is -9.93. The van der Waals surface area contributed by atoms with Crippen molar-refractivity contribution in [1.29, 1.82) is 0 Å². The van der Waals surface area contributed by atoms with E-state index in [2.05, 4.69) is 88.5 Å². The molecule has 0 saturated heterocycles. The van der Waals surface area contributed by atoms with Gasteiger partial charge in [0.1, 0.15) is 19.3 Å². The zero-order valence-electron chi connectivity index (χ0n) is 59.6. The van der Waals surface area contributed by atoms with Crippen molar-refractivity contribution < 1.29 is 80.2 Å². The van der Waals surface area contributed by atoms with Crippen LogP contribution in [0.1, 0.15) is 336 Å². The average Bonchev–Trinajstić information content (AvgIpc) is 1.67. The summed E-state index contributed by atoms with van der Waals surface area (Å²) in [6, 6.07) is 0. The van der Waals surface area contributed by atoms with Crippen LogP contribution in [-0.2, 0) is 65.4 Å². The van der Waals surface area contributed by atoms with Gasteiger partial charge in [-0.25, -0.2) is 9.13 Å². The number of allylic oxidation sites excluding steroid dienone is 10. The number of aliphatic hydroxyl groups is 1. The van der Waals surface area contributed by atoms with E-state index in [1.54, 1.807) is 0 Å². The third-order valence-corrected chi connectivity index (χ3v) is 17.9. The Morgan fingerprint density at radius 2 is 0.574 bits per heavy atom. The van der Waals surface area contributed by atoms with E-state index >= 15 is 0 Å². The van der Waals surface area contributed by atoms with Gasteiger partial charge in [0, 0.05) is 25.7 Å². The average molecular weight is 1370 g/mol. The number of esters is 4. The van der Waals surface area contributed by atoms with Crippen molar-refractivity contribution in [3.63, 3.8) is 0 Å². The van der Waals surface area contributed by atoms with Crippen LogP contribution in [0.25, 0.3) is 0 Å². The van der Waals surface area contributed by atoms with Crippen LogP contribution in [0.5, 0.6) is 0 Å². The van der Waals surface area contributed by atoms with Crippen LogP contribution >= 0.6 is 15.6 Å². The smallest absolute Gasteiger partial charge is 0.462 e. The molecule has 0 fully saturated rings. The summed E-state index contributed by atoms with van der Waals surface area (Å²) < 4.78 is 68.4. The molecule has 0 radical (unpaired) electrons. The Kier molecular flexibility index (Phi) is 65.9. The second-order valence-corrected chi connectivity index (χ2v) is 28.1. The summed E-state index contributed by atoms with van der Waals surface area (Å²) in [4.78, 5) is 72.7. The predicted octanol–water partition coefficient (Wildman–Crippen LogP) is 21.1. The highest BCUT2D eigenvalue weighted by molar-refractivity contribution is 7.47. The molecule has 0 aromatic carbocycles. The Morgan fingerprint density at radius 3 is 0.894 bits per heavy atom. The number of carbonyl (C=O) groups excluding carboxylic acids is 4. The Morgan fingerprint density at radius 1 is 0.309 bits per heavy atom. The van der Waals surface area contributed by atoms with Crippen LogP contribution in [0.2, 0.25) is 0 Å². The maximum Gasteiger partial charge on any atom is 0.472 e. The Labute approximate surface area is 571 Å². The number of phosphoric acid groups is 2. The van der Waals surface area contributed by atoms with Gasteiger partial charge in [-0.2, -0.15) is 0 Å². The van der Waals surface area contributed by atoms with E-state index in [-0.39, 0.29) is 25.7 Å². The second-order valence-electron chi connectivity index (χ2n) is 25.2. The molecule has 0 aliphatic carbocycles. The summed E-state index contributed by atoms with van der Waals surface area (Å²) in [6.45, 7) is 4.71. The summed E-state index contributed by atoms with van der Waals surface area (Å²) in [5.74, 6) is -2.18. The van der Waals surface area contributed by atoms with Crippen molar-refractivity contribution in [2.75, 3.05) is 39.6 Å². The molecule has 94 heavy (non-hydrogen) atoms. The monoisotopic (exact) mass is 1370 g/mol. The molecule has 0 amide bonds. The molecule has 17 nitrogen and oxygen atoms in total. The molecule has 0 aromatic rings. The van der Waals surface area contributed by atoms with Gasteiger partial charge >= 0.3 is 39.5 Å². The number of phosphoric ester groups is 2. The first-order valence-corrected chi connectivity index (χ1v) is 40.5. The number of carbonyl (C=O) groups is 4. The molecule has 0 aromatic heterocycles. The standard InChI is InChI=1S/C75H136O17P2/c1-5-9-13-17-21-25-29-33-34-38-40-44-48-52-56-60-73(78)86-66-71(92-75(80)62-58-54-50-46-42-37-32-28-24-20-16-12-8-4)68-90-94(83,84)88-64-69(76)63-87-93(81,82)89-67-70(91-74(79)61-57-53-49-45-41-36-31-27-23-19-15-11-7-3)65-85-72(77)59-55-51-47-43-39-35-30-26-22-18-14-10-6-2/h9,13-14,18,21,25-26,30,33-34,69-71,76H,5-8,10-12,15-17,19-20,22-24,27-29,31-32,35-68H2,1-4H3,(H,81,82)(H,83,84)/b13-9-,18-14-,25-21-,30-26-,34-33-. The minimum absolute atomic E-state index is 0.0971. The van der Waals surface area contributed by atoms with E-state index in [1.165, 1.54) is 103 Å². The van der Waals surface area contributed by atoms with Gasteiger partial charge in [-0.1, -0.05) is 288 Å². The Balaban J connectivity index is 5.32. The molecule has 0 bridgehead atoms. The fraction of sp³-hybridized carbons (Fsp3) is 0.813. The molecular formula is C75H136O17P2. The third kappa shape index (κ3) is 67.3. The van der Waals surface area contributed by atoms with Crippen LogP contribution in [-0.4, -0.2) is 96.7 Å². The molecule has 0 spiro atoms. The van der Waals surface area contributed by atoms with Gasteiger partial charge in [0.2, 0.25) is 0 Å². The summed E-state index contributed by atoms with van der Waals surface area (Å²) in [6.07, 6.45) is 65.0. The molecular weight excluding hydrogens is 1230 g/mol. The number of unbranched alkanes of at least 4 members (excludes halogenated alkanes) is 35. The largest absolute Gasteiger partial charge is 0.472 e. The quantitative estimate of drug-likeness (QED) is 0.0169. The molecule has 5 unspecified atom stereocenters. The van der Waals surface area contributed by atoms with Gasteiger partial charge in [-0.05, 0) is 83.5 Å². The fourth-order valence-electron chi connectivity index (χ4n) is 10.3. The van der Waals surface area contributed by atoms with E-state index in [0.29, 0.717) is 25.7 Å². The number of hydrogen-bond acceptors (Lipinski definition) is 15. The second kappa shape index (κ2) is 68.3. The van der Waals surface area contributed by atoms with Crippen molar-refractivity contribution in [3.8, 4) is 0 Å². The molecule has 0 rings (SSSR count). The van der Waals surface area contributed by atoms with Gasteiger partial charge in [-0.15, -0.1) is 0 Å². The molecule has 5 atom stereocenters. The van der Waals surface area contributed by atoms with Gasteiger partial charge in [0.25, 0.3) is 0 Å². The minimum atomic E-state index is -4.97. The molecule has 0 saturated carbocycles. The lowest BCUT2D eigenvalue weighted by atomic mass is 10.0. The van der Waals surface area contributed by atoms with Crippen LogP contribution in [0, 0.1) is 0 Å². The summed E-state index contributed by atoms with van der Waals surface area (Å²) >= 11 is 0. The number of rotatable bonds is 71. The highest BCUT2D eigenvalue weighted by Crippen LogP contribution is 2.45. The highest BCUT2D eigenvalue weighted by atomic mass is 31.2. The molecule has 0 heterocycles. The van der Waals surface area contributed by atoms with Gasteiger partial charge in [0.15, 0.2) is 12.2 Å². The normalized spacial score (nSPS) is 14.3. The first-order valence-electron chi connectivity index (χ1n) is 37.5. The van der Waals surface area contributed by atoms with Crippen molar-refractivity contribution in [2.45, 2.75) is 354 Å². The lowest BCUT2D eigenvalue weighted by Gasteiger charge is -2.21. The van der Waals surface area contributed by atoms with E-state index in [4.69, 9.17) is 37.0 Å². The van der Waals surface area contributed by atoms with Crippen LogP contribution in [0.4, 0.5) is 0 Å². The highest BCUT2D eigenvalue weighted by Gasteiger charge is 2.30. The Hall–Kier alpha value is -3.24. The van der Waals surface area contributed by atoms with Gasteiger partial charge in [-0.3, -0.25) is 37.3 Å². The third-order valence-electron chi connectivity index (χ3n) is 16.0. The number of hydrogen-bond donors (Lipinski definition) is 3. The number of aliphatic hydroxyl groups excluding tert-OH is 1. The molecule has 0 aliphatic heterocycles. The molecule has 19 heteroatoms. The Bertz CT molecular complexity index is 2030. The van der Waals surface area contributed by atoms with Crippen molar-refractivity contribution in [1.82, 2.24) is 0 Å². The van der Waals surface area contributed by atoms with Crippen LogP contribution in [0.15, 0.2) is 60.8 Å². The van der Waals surface area contributed by atoms with Crippen LogP contribution in [0.3, 0.4) is 0 Å². The van der Waals surface area contributed by atoms with Gasteiger partial charge < -0.3 is 33.8 Å². The fourth-order valence-corrected chi connectivity index (χ4v) is 11.9. The van der Waals surface area contributed by atoms with Crippen LogP contribution < -0.4 is 0 Å². The van der Waals surface area contributed by atoms with Gasteiger partial charge in [0.05, 0.1) is 26.4 Å². The first kappa shape index (κ1) is 90.8. The predicted molar refractivity (Wildman–Crippen MR) is 381 cm³/mol. The zero-order valence-corrected chi connectivity index (χ0v) is 61.4. The molecule has 3 N–H and O–H groups in total. The molecule has 548 valence electrons. The maximum atomic E-state index is 13.1. The van der Waals surface area contributed by atoms with E-state index < -0.39 is 97.5 Å². The van der Waals surface area contributed by atoms with E-state index in [0.717, 1.165) is 154 Å². The van der Waals surface area contributed by atoms with E-state index in [9.17, 15) is 43.2 Å². The lowest BCUT2D eigenvalue weighted by molar-refractivity contribution is -0.161. The summed E-state index contributed by atoms with van der Waals surface area (Å²) in [5, 5.41) is 10.6. The van der Waals surface area contributed by atoms with E-state index in [1.807, 2.05) is 0 Å². The summed E-state index contributed by atoms with van der Waals surface area (Å²) in [5.41, 5.74) is 0. The number of ether oxygens (including phenoxy) is 4. The first-order chi connectivity index (χ1) is 45.7. The SMILES string of the molecule is CC/C=C\C/C=C\C/C=C\CCCCCCCC(=O)OCC(COP(=O)(O)OCC(O)COP(=O)(O)OCC(COC(=O)CCCCCCC/C=C\C/C=C\CCC)OC(=O)CCCCCCCCCCCCCCC)OC(=O)CCCCCCCCCCCCCCC. The lowest BCUT2D eigenvalue weighted by Crippen LogP contribution is -2.30. The topological polar surface area (TPSA) is 237 Å². The van der Waals surface area contributed by atoms with Crippen molar-refractivity contribution in [3.05, 3.63) is 60.8 Å². The van der Waals surface area contributed by atoms with Crippen molar-refractivity contribution >= 4 is 39.5 Å².